The largest absolute Gasteiger partial charge is 0.348 e. The van der Waals surface area contributed by atoms with E-state index in [2.05, 4.69) is 20.9 Å². The van der Waals surface area contributed by atoms with E-state index in [0.29, 0.717) is 24.4 Å². The minimum Gasteiger partial charge on any atom is -0.348 e. The van der Waals surface area contributed by atoms with Gasteiger partial charge in [0.2, 0.25) is 0 Å². The Bertz CT molecular complexity index is 1500. The molecule has 0 bridgehead atoms. The second kappa shape index (κ2) is 10.7. The molecule has 3 aromatic carbocycles. The first-order valence-corrected chi connectivity index (χ1v) is 12.6. The number of nitrogens with zero attached hydrogens (tertiary/aromatic N) is 3. The number of hydrogen-bond donors (Lipinski definition) is 1. The molecule has 180 valence electrons. The molecule has 2 heterocycles. The number of carbonyl (C=O) groups excluding carboxylic acids is 1. The molecule has 0 aliphatic rings. The van der Waals surface area contributed by atoms with Crippen molar-refractivity contribution < 1.29 is 9.18 Å². The third-order valence-electron chi connectivity index (χ3n) is 5.89. The van der Waals surface area contributed by atoms with E-state index in [1.54, 1.807) is 30.1 Å². The fraction of sp³-hybridized carbons (Fsp3) is 0.138. The van der Waals surface area contributed by atoms with Crippen LogP contribution in [0.25, 0.3) is 11.0 Å². The first-order chi connectivity index (χ1) is 17.5. The van der Waals surface area contributed by atoms with Gasteiger partial charge in [-0.1, -0.05) is 65.9 Å². The second-order valence-electron chi connectivity index (χ2n) is 8.63. The number of halogens is 1. The maximum Gasteiger partial charge on any atom is 0.251 e. The number of thioether (sulfide) groups is 1. The molecule has 0 saturated carbocycles. The predicted molar refractivity (Wildman–Crippen MR) is 141 cm³/mol. The molecule has 0 spiro atoms. The van der Waals surface area contributed by atoms with E-state index in [4.69, 9.17) is 4.98 Å². The zero-order valence-corrected chi connectivity index (χ0v) is 20.6. The number of aryl methyl sites for hydroxylation is 1. The normalized spacial score (nSPS) is 11.1. The van der Waals surface area contributed by atoms with E-state index in [1.165, 1.54) is 17.7 Å². The summed E-state index contributed by atoms with van der Waals surface area (Å²) in [7, 11) is 0. The number of rotatable bonds is 8. The van der Waals surface area contributed by atoms with Crippen molar-refractivity contribution in [3.8, 4) is 0 Å². The summed E-state index contributed by atoms with van der Waals surface area (Å²) in [4.78, 5) is 21.7. The van der Waals surface area contributed by atoms with Gasteiger partial charge in [-0.05, 0) is 53.9 Å². The van der Waals surface area contributed by atoms with Crippen LogP contribution < -0.4 is 5.32 Å². The molecule has 5 rings (SSSR count). The number of imidazole rings is 1. The van der Waals surface area contributed by atoms with Gasteiger partial charge in [0.1, 0.15) is 5.82 Å². The number of benzene rings is 3. The van der Waals surface area contributed by atoms with Crippen molar-refractivity contribution in [3.05, 3.63) is 125 Å². The van der Waals surface area contributed by atoms with Crippen LogP contribution >= 0.6 is 11.8 Å². The molecule has 0 aliphatic heterocycles. The summed E-state index contributed by atoms with van der Waals surface area (Å²) in [5.74, 6) is 0.335. The van der Waals surface area contributed by atoms with Crippen molar-refractivity contribution >= 4 is 28.7 Å². The number of amides is 1. The van der Waals surface area contributed by atoms with E-state index >= 15 is 0 Å². The van der Waals surface area contributed by atoms with Gasteiger partial charge in [0, 0.05) is 24.1 Å². The summed E-state index contributed by atoms with van der Waals surface area (Å²) in [6, 6.07) is 24.2. The molecule has 1 amide bonds. The van der Waals surface area contributed by atoms with Gasteiger partial charge in [0.25, 0.3) is 5.91 Å². The highest BCUT2D eigenvalue weighted by atomic mass is 32.2. The lowest BCUT2D eigenvalue weighted by Gasteiger charge is -2.10. The molecular weight excluding hydrogens is 471 g/mol. The Balaban J connectivity index is 1.29. The zero-order chi connectivity index (χ0) is 24.9. The van der Waals surface area contributed by atoms with Crippen molar-refractivity contribution in [2.24, 2.45) is 0 Å². The SMILES string of the molecule is Cc1cccc(CNC(=O)c2ccc(Cn3c(SCc4ccc(F)cc4)nc4ccncc43)cc2)c1. The van der Waals surface area contributed by atoms with Crippen LogP contribution in [0.2, 0.25) is 0 Å². The molecule has 0 fully saturated rings. The van der Waals surface area contributed by atoms with E-state index in [9.17, 15) is 9.18 Å². The minimum absolute atomic E-state index is 0.101. The molecule has 7 heteroatoms. The highest BCUT2D eigenvalue weighted by Crippen LogP contribution is 2.27. The van der Waals surface area contributed by atoms with Crippen LogP contribution in [0.5, 0.6) is 0 Å². The number of nitrogens with one attached hydrogen (secondary N) is 1. The average molecular weight is 497 g/mol. The van der Waals surface area contributed by atoms with E-state index in [0.717, 1.165) is 32.9 Å². The van der Waals surface area contributed by atoms with E-state index in [-0.39, 0.29) is 11.7 Å². The highest BCUT2D eigenvalue weighted by molar-refractivity contribution is 7.98. The summed E-state index contributed by atoms with van der Waals surface area (Å²) in [5, 5.41) is 3.85. The maximum atomic E-state index is 13.3. The lowest BCUT2D eigenvalue weighted by molar-refractivity contribution is 0.0951. The standard InChI is InChI=1S/C29H25FN4OS/c1-20-3-2-4-23(15-20)16-32-28(35)24-9-5-21(6-10-24)18-34-27-17-31-14-13-26(27)33-29(34)36-19-22-7-11-25(30)12-8-22/h2-15,17H,16,18-19H2,1H3,(H,32,35). The molecule has 1 N–H and O–H groups in total. The third-order valence-corrected chi connectivity index (χ3v) is 6.94. The van der Waals surface area contributed by atoms with Gasteiger partial charge in [-0.3, -0.25) is 9.78 Å². The number of pyridine rings is 1. The Labute approximate surface area is 213 Å². The van der Waals surface area contributed by atoms with Gasteiger partial charge >= 0.3 is 0 Å². The first-order valence-electron chi connectivity index (χ1n) is 11.7. The Morgan fingerprint density at radius 1 is 0.972 bits per heavy atom. The van der Waals surface area contributed by atoms with Gasteiger partial charge < -0.3 is 9.88 Å². The molecule has 0 saturated heterocycles. The number of fused-ring (bicyclic) bond motifs is 1. The van der Waals surface area contributed by atoms with Crippen LogP contribution in [0.15, 0.2) is 96.4 Å². The van der Waals surface area contributed by atoms with Crippen molar-refractivity contribution in [1.82, 2.24) is 19.9 Å². The monoisotopic (exact) mass is 496 g/mol. The predicted octanol–water partition coefficient (Wildman–Crippen LogP) is 6.15. The Morgan fingerprint density at radius 3 is 2.53 bits per heavy atom. The topological polar surface area (TPSA) is 59.8 Å². The lowest BCUT2D eigenvalue weighted by atomic mass is 10.1. The van der Waals surface area contributed by atoms with Gasteiger partial charge in [-0.25, -0.2) is 9.37 Å². The fourth-order valence-electron chi connectivity index (χ4n) is 3.99. The number of hydrogen-bond acceptors (Lipinski definition) is 4. The van der Waals surface area contributed by atoms with Gasteiger partial charge in [-0.2, -0.15) is 0 Å². The molecule has 0 unspecified atom stereocenters. The van der Waals surface area contributed by atoms with Crippen LogP contribution in [-0.4, -0.2) is 20.4 Å². The average Bonchev–Trinajstić information content (AvgIpc) is 3.24. The Morgan fingerprint density at radius 2 is 1.75 bits per heavy atom. The van der Waals surface area contributed by atoms with Crippen molar-refractivity contribution in [1.29, 1.82) is 0 Å². The smallest absolute Gasteiger partial charge is 0.251 e. The van der Waals surface area contributed by atoms with Crippen molar-refractivity contribution in [2.45, 2.75) is 30.9 Å². The lowest BCUT2D eigenvalue weighted by Crippen LogP contribution is -2.22. The molecule has 0 atom stereocenters. The van der Waals surface area contributed by atoms with Gasteiger partial charge in [-0.15, -0.1) is 0 Å². The highest BCUT2D eigenvalue weighted by Gasteiger charge is 2.13. The summed E-state index contributed by atoms with van der Waals surface area (Å²) in [6.07, 6.45) is 3.55. The zero-order valence-electron chi connectivity index (χ0n) is 19.8. The molecular formula is C29H25FN4OS. The van der Waals surface area contributed by atoms with Crippen LogP contribution in [-0.2, 0) is 18.8 Å². The summed E-state index contributed by atoms with van der Waals surface area (Å²) in [6.45, 7) is 3.13. The van der Waals surface area contributed by atoms with Crippen LogP contribution in [0.4, 0.5) is 4.39 Å². The van der Waals surface area contributed by atoms with Crippen molar-refractivity contribution in [3.63, 3.8) is 0 Å². The molecule has 0 radical (unpaired) electrons. The second-order valence-corrected chi connectivity index (χ2v) is 9.57. The third kappa shape index (κ3) is 5.63. The van der Waals surface area contributed by atoms with Crippen LogP contribution in [0.3, 0.4) is 0 Å². The minimum atomic E-state index is -0.241. The molecule has 2 aromatic heterocycles. The quantitative estimate of drug-likeness (QED) is 0.262. The van der Waals surface area contributed by atoms with Crippen LogP contribution in [0, 0.1) is 12.7 Å². The summed E-state index contributed by atoms with van der Waals surface area (Å²) >= 11 is 1.60. The van der Waals surface area contributed by atoms with Gasteiger partial charge in [0.05, 0.1) is 23.8 Å². The summed E-state index contributed by atoms with van der Waals surface area (Å²) in [5.41, 5.74) is 6.76. The first kappa shape index (κ1) is 23.8. The molecule has 0 aliphatic carbocycles. The Hall–Kier alpha value is -3.97. The van der Waals surface area contributed by atoms with E-state index in [1.807, 2.05) is 61.7 Å². The van der Waals surface area contributed by atoms with Gasteiger partial charge in [0.15, 0.2) is 5.16 Å². The number of aromatic nitrogens is 3. The molecule has 5 aromatic rings. The van der Waals surface area contributed by atoms with E-state index < -0.39 is 0 Å². The molecule has 36 heavy (non-hydrogen) atoms. The van der Waals surface area contributed by atoms with Crippen LogP contribution in [0.1, 0.15) is 32.6 Å². The summed E-state index contributed by atoms with van der Waals surface area (Å²) < 4.78 is 15.4. The fourth-order valence-corrected chi connectivity index (χ4v) is 4.96. The maximum absolute atomic E-state index is 13.3. The Kier molecular flexibility index (Phi) is 7.09. The number of carbonyl (C=O) groups is 1. The van der Waals surface area contributed by atoms with Crippen molar-refractivity contribution in [2.75, 3.05) is 0 Å². The molecule has 5 nitrogen and oxygen atoms in total.